The van der Waals surface area contributed by atoms with E-state index in [0.29, 0.717) is 37.7 Å². The maximum absolute atomic E-state index is 11.6. The molecular weight excluding hydrogens is 465 g/mol. The van der Waals surface area contributed by atoms with Crippen LogP contribution in [0.2, 0.25) is 15.1 Å². The SMILES string of the molecule is NS(=O)(=O)c1ccc(-n2nc(-c3ccc(Cl)cc3)cc2-c2c(Cl)cccc2Cl)cc1. The summed E-state index contributed by atoms with van der Waals surface area (Å²) in [6.07, 6.45) is 0. The van der Waals surface area contributed by atoms with Gasteiger partial charge in [0.1, 0.15) is 0 Å². The van der Waals surface area contributed by atoms with Gasteiger partial charge < -0.3 is 0 Å². The van der Waals surface area contributed by atoms with Crippen LogP contribution in [0.15, 0.2) is 77.7 Å². The normalized spacial score (nSPS) is 11.6. The van der Waals surface area contributed by atoms with E-state index in [1.165, 1.54) is 12.1 Å². The third-order valence-corrected chi connectivity index (χ3v) is 6.29. The van der Waals surface area contributed by atoms with Crippen LogP contribution in [0.25, 0.3) is 28.2 Å². The lowest BCUT2D eigenvalue weighted by atomic mass is 10.1. The molecule has 4 rings (SSSR count). The number of sulfonamides is 1. The largest absolute Gasteiger partial charge is 0.238 e. The van der Waals surface area contributed by atoms with Crippen molar-refractivity contribution in [2.24, 2.45) is 5.14 Å². The molecule has 0 spiro atoms. The molecule has 0 aliphatic carbocycles. The van der Waals surface area contributed by atoms with Crippen LogP contribution in [0.4, 0.5) is 0 Å². The van der Waals surface area contributed by atoms with Crippen molar-refractivity contribution in [2.45, 2.75) is 4.90 Å². The van der Waals surface area contributed by atoms with Crippen LogP contribution in [-0.4, -0.2) is 18.2 Å². The van der Waals surface area contributed by atoms with Gasteiger partial charge in [0.25, 0.3) is 0 Å². The van der Waals surface area contributed by atoms with Crippen molar-refractivity contribution in [2.75, 3.05) is 0 Å². The predicted octanol–water partition coefficient (Wildman–Crippen LogP) is 5.81. The summed E-state index contributed by atoms with van der Waals surface area (Å²) in [7, 11) is -3.80. The van der Waals surface area contributed by atoms with Crippen LogP contribution < -0.4 is 5.14 Å². The van der Waals surface area contributed by atoms with Crippen LogP contribution in [0.5, 0.6) is 0 Å². The highest BCUT2D eigenvalue weighted by molar-refractivity contribution is 7.89. The number of hydrogen-bond acceptors (Lipinski definition) is 3. The van der Waals surface area contributed by atoms with Crippen molar-refractivity contribution in [1.82, 2.24) is 9.78 Å². The lowest BCUT2D eigenvalue weighted by Gasteiger charge is -2.11. The summed E-state index contributed by atoms with van der Waals surface area (Å²) in [4.78, 5) is 0.00802. The Hall–Kier alpha value is -2.35. The predicted molar refractivity (Wildman–Crippen MR) is 121 cm³/mol. The molecule has 0 unspecified atom stereocenters. The maximum Gasteiger partial charge on any atom is 0.238 e. The van der Waals surface area contributed by atoms with Crippen molar-refractivity contribution in [3.05, 3.63) is 87.9 Å². The molecule has 0 radical (unpaired) electrons. The van der Waals surface area contributed by atoms with E-state index in [2.05, 4.69) is 0 Å². The Morgan fingerprint density at radius 1 is 0.833 bits per heavy atom. The molecule has 0 bridgehead atoms. The minimum Gasteiger partial charge on any atom is -0.232 e. The van der Waals surface area contributed by atoms with E-state index >= 15 is 0 Å². The second-order valence-electron chi connectivity index (χ2n) is 6.47. The molecule has 0 amide bonds. The summed E-state index contributed by atoms with van der Waals surface area (Å²) in [5.41, 5.74) is 3.41. The van der Waals surface area contributed by atoms with Gasteiger partial charge in [-0.1, -0.05) is 53.0 Å². The standard InChI is InChI=1S/C21H14Cl3N3O2S/c22-14-6-4-13(5-7-14)19-12-20(21-17(23)2-1-3-18(21)24)27(26-19)15-8-10-16(11-9-15)30(25,28)29/h1-12H,(H2,25,28,29). The van der Waals surface area contributed by atoms with E-state index in [9.17, 15) is 8.42 Å². The van der Waals surface area contributed by atoms with E-state index in [1.807, 2.05) is 18.2 Å². The van der Waals surface area contributed by atoms with Crippen LogP contribution in [-0.2, 0) is 10.0 Å². The number of nitrogens with two attached hydrogens (primary N) is 1. The summed E-state index contributed by atoms with van der Waals surface area (Å²) in [5, 5.41) is 11.5. The molecule has 4 aromatic rings. The average Bonchev–Trinajstić information content (AvgIpc) is 3.13. The van der Waals surface area contributed by atoms with Gasteiger partial charge in [-0.2, -0.15) is 5.10 Å². The Morgan fingerprint density at radius 2 is 1.43 bits per heavy atom. The molecule has 9 heteroatoms. The Kier molecular flexibility index (Phi) is 5.61. The van der Waals surface area contributed by atoms with Gasteiger partial charge in [0, 0.05) is 16.1 Å². The van der Waals surface area contributed by atoms with Crippen molar-refractivity contribution in [3.8, 4) is 28.2 Å². The number of hydrogen-bond donors (Lipinski definition) is 1. The van der Waals surface area contributed by atoms with Crippen LogP contribution >= 0.6 is 34.8 Å². The van der Waals surface area contributed by atoms with Crippen molar-refractivity contribution in [1.29, 1.82) is 0 Å². The molecule has 30 heavy (non-hydrogen) atoms. The highest BCUT2D eigenvalue weighted by atomic mass is 35.5. The molecule has 0 saturated heterocycles. The van der Waals surface area contributed by atoms with E-state index in [0.717, 1.165) is 5.56 Å². The van der Waals surface area contributed by atoms with Crippen molar-refractivity contribution >= 4 is 44.8 Å². The first-order valence-electron chi connectivity index (χ1n) is 8.68. The van der Waals surface area contributed by atoms with E-state index < -0.39 is 10.0 Å². The zero-order valence-corrected chi connectivity index (χ0v) is 18.3. The van der Waals surface area contributed by atoms with Gasteiger partial charge in [-0.05, 0) is 54.6 Å². The topological polar surface area (TPSA) is 78.0 Å². The fourth-order valence-electron chi connectivity index (χ4n) is 3.04. The highest BCUT2D eigenvalue weighted by Crippen LogP contribution is 2.38. The van der Waals surface area contributed by atoms with Gasteiger partial charge >= 0.3 is 0 Å². The number of primary sulfonamides is 1. The third kappa shape index (κ3) is 4.10. The quantitative estimate of drug-likeness (QED) is 0.402. The molecule has 1 heterocycles. The third-order valence-electron chi connectivity index (χ3n) is 4.48. The minimum absolute atomic E-state index is 0.00802. The van der Waals surface area contributed by atoms with E-state index in [4.69, 9.17) is 45.0 Å². The maximum atomic E-state index is 11.6. The molecule has 5 nitrogen and oxygen atoms in total. The van der Waals surface area contributed by atoms with Gasteiger partial charge in [-0.15, -0.1) is 0 Å². The first-order valence-corrected chi connectivity index (χ1v) is 11.4. The van der Waals surface area contributed by atoms with Gasteiger partial charge in [0.15, 0.2) is 0 Å². The van der Waals surface area contributed by atoms with E-state index in [1.54, 1.807) is 47.1 Å². The number of aromatic nitrogens is 2. The molecule has 3 aromatic carbocycles. The molecule has 0 aliphatic heterocycles. The second-order valence-corrected chi connectivity index (χ2v) is 9.28. The first-order chi connectivity index (χ1) is 14.2. The molecule has 0 aliphatic rings. The Bertz CT molecular complexity index is 1310. The van der Waals surface area contributed by atoms with Crippen molar-refractivity contribution < 1.29 is 8.42 Å². The van der Waals surface area contributed by atoms with Crippen LogP contribution in [0.1, 0.15) is 0 Å². The van der Waals surface area contributed by atoms with Crippen LogP contribution in [0.3, 0.4) is 0 Å². The summed E-state index contributed by atoms with van der Waals surface area (Å²) in [6, 6.07) is 20.5. The molecule has 1 aromatic heterocycles. The average molecular weight is 479 g/mol. The number of benzene rings is 3. The summed E-state index contributed by atoms with van der Waals surface area (Å²) >= 11 is 18.9. The Morgan fingerprint density at radius 3 is 2.00 bits per heavy atom. The fraction of sp³-hybridized carbons (Fsp3) is 0. The molecule has 2 N–H and O–H groups in total. The van der Waals surface area contributed by atoms with Gasteiger partial charge in [-0.3, -0.25) is 0 Å². The number of rotatable bonds is 4. The molecule has 0 fully saturated rings. The first kappa shape index (κ1) is 20.9. The Balaban J connectivity index is 1.93. The minimum atomic E-state index is -3.80. The fourth-order valence-corrected chi connectivity index (χ4v) is 4.27. The lowest BCUT2D eigenvalue weighted by Crippen LogP contribution is -2.12. The molecule has 0 atom stereocenters. The molecular formula is C21H14Cl3N3O2S. The lowest BCUT2D eigenvalue weighted by molar-refractivity contribution is 0.598. The summed E-state index contributed by atoms with van der Waals surface area (Å²) in [5.74, 6) is 0. The molecule has 152 valence electrons. The van der Waals surface area contributed by atoms with Gasteiger partial charge in [0.2, 0.25) is 10.0 Å². The monoisotopic (exact) mass is 477 g/mol. The summed E-state index contributed by atoms with van der Waals surface area (Å²) < 4.78 is 24.8. The number of halogens is 3. The van der Waals surface area contributed by atoms with Crippen molar-refractivity contribution in [3.63, 3.8) is 0 Å². The second kappa shape index (κ2) is 8.06. The summed E-state index contributed by atoms with van der Waals surface area (Å²) in [6.45, 7) is 0. The van der Waals surface area contributed by atoms with Crippen LogP contribution in [0, 0.1) is 0 Å². The zero-order chi connectivity index (χ0) is 21.5. The number of nitrogens with zero attached hydrogens (tertiary/aromatic N) is 2. The zero-order valence-electron chi connectivity index (χ0n) is 15.3. The van der Waals surface area contributed by atoms with Gasteiger partial charge in [0.05, 0.1) is 32.0 Å². The molecule has 0 saturated carbocycles. The van der Waals surface area contributed by atoms with Gasteiger partial charge in [-0.25, -0.2) is 18.2 Å². The Labute approximate surface area is 188 Å². The smallest absolute Gasteiger partial charge is 0.232 e. The van der Waals surface area contributed by atoms with E-state index in [-0.39, 0.29) is 4.90 Å². The highest BCUT2D eigenvalue weighted by Gasteiger charge is 2.18.